The molecular weight excluding hydrogens is 600 g/mol. The van der Waals surface area contributed by atoms with E-state index in [-0.39, 0.29) is 31.6 Å². The Bertz CT molecular complexity index is 913. The van der Waals surface area contributed by atoms with Crippen LogP contribution < -0.4 is 0 Å². The monoisotopic (exact) mass is 671 g/mol. The van der Waals surface area contributed by atoms with E-state index in [1.54, 1.807) is 6.08 Å². The Balaban J connectivity index is 3.78. The van der Waals surface area contributed by atoms with Crippen LogP contribution in [0.3, 0.4) is 0 Å². The molecule has 0 aliphatic rings. The van der Waals surface area contributed by atoms with Crippen molar-refractivity contribution in [3.63, 3.8) is 0 Å². The zero-order chi connectivity index (χ0) is 35.2. The maximum Gasteiger partial charge on any atom is 0.306 e. The van der Waals surface area contributed by atoms with Crippen LogP contribution in [-0.2, 0) is 19.1 Å². The van der Waals surface area contributed by atoms with Crippen LogP contribution >= 0.6 is 0 Å². The van der Waals surface area contributed by atoms with Gasteiger partial charge >= 0.3 is 11.9 Å². The summed E-state index contributed by atoms with van der Waals surface area (Å²) >= 11 is 0. The highest BCUT2D eigenvalue weighted by atomic mass is 16.6. The molecule has 6 nitrogen and oxygen atoms in total. The summed E-state index contributed by atoms with van der Waals surface area (Å²) < 4.78 is 10.5. The number of ether oxygens (including phenoxy) is 2. The Morgan fingerprint density at radius 1 is 0.604 bits per heavy atom. The lowest BCUT2D eigenvalue weighted by Crippen LogP contribution is -2.28. The van der Waals surface area contributed by atoms with E-state index in [2.05, 4.69) is 44.2 Å². The van der Waals surface area contributed by atoms with E-state index < -0.39 is 12.2 Å². The molecule has 2 N–H and O–H groups in total. The summed E-state index contributed by atoms with van der Waals surface area (Å²) in [5, 5.41) is 19.5. The molecule has 0 saturated carbocycles. The molecule has 0 saturated heterocycles. The predicted molar refractivity (Wildman–Crippen MR) is 202 cm³/mol. The lowest BCUT2D eigenvalue weighted by atomic mass is 10.0. The van der Waals surface area contributed by atoms with Gasteiger partial charge in [0.2, 0.25) is 0 Å². The zero-order valence-corrected chi connectivity index (χ0v) is 30.6. The number of carbonyl (C=O) groups is 2. The molecule has 0 aromatic rings. The summed E-state index contributed by atoms with van der Waals surface area (Å²) in [7, 11) is 0. The van der Waals surface area contributed by atoms with Crippen molar-refractivity contribution < 1.29 is 29.3 Å². The van der Waals surface area contributed by atoms with Crippen LogP contribution in [0.2, 0.25) is 0 Å². The zero-order valence-electron chi connectivity index (χ0n) is 30.6. The minimum Gasteiger partial charge on any atom is -0.462 e. The number of hydrogen-bond donors (Lipinski definition) is 2. The lowest BCUT2D eigenvalue weighted by Gasteiger charge is -2.15. The third-order valence-corrected chi connectivity index (χ3v) is 7.86. The van der Waals surface area contributed by atoms with Crippen molar-refractivity contribution in [1.82, 2.24) is 0 Å². The van der Waals surface area contributed by atoms with E-state index in [9.17, 15) is 19.8 Å². The fourth-order valence-corrected chi connectivity index (χ4v) is 4.96. The van der Waals surface area contributed by atoms with E-state index >= 15 is 0 Å². The molecule has 0 spiro atoms. The van der Waals surface area contributed by atoms with E-state index in [4.69, 9.17) is 9.47 Å². The number of esters is 2. The van der Waals surface area contributed by atoms with Gasteiger partial charge in [-0.3, -0.25) is 9.59 Å². The van der Waals surface area contributed by atoms with E-state index in [1.807, 2.05) is 36.5 Å². The van der Waals surface area contributed by atoms with Gasteiger partial charge in [0.15, 0.2) is 6.10 Å². The molecular formula is C42H70O6. The molecule has 0 heterocycles. The molecule has 0 amide bonds. The van der Waals surface area contributed by atoms with Crippen molar-refractivity contribution in [2.45, 2.75) is 167 Å². The average Bonchev–Trinajstić information content (AvgIpc) is 3.08. The van der Waals surface area contributed by atoms with Crippen molar-refractivity contribution >= 4 is 11.9 Å². The highest BCUT2D eigenvalue weighted by Crippen LogP contribution is 2.14. The van der Waals surface area contributed by atoms with Gasteiger partial charge in [0.25, 0.3) is 0 Å². The highest BCUT2D eigenvalue weighted by Gasteiger charge is 2.15. The summed E-state index contributed by atoms with van der Waals surface area (Å²) in [4.78, 5) is 24.2. The number of unbranched alkanes of at least 4 members (excludes halogenated alkanes) is 13. The SMILES string of the molecule is CC/C=C\C/C=C\CC(O)/C=C/C=C\C/C=C\C/C=C\CCC(=O)OC[C@H](CO)OC(=O)CCCCCCCCCCCCCCCC. The van der Waals surface area contributed by atoms with Crippen LogP contribution in [0.1, 0.15) is 155 Å². The molecule has 2 atom stereocenters. The van der Waals surface area contributed by atoms with Gasteiger partial charge in [0, 0.05) is 12.8 Å². The van der Waals surface area contributed by atoms with Crippen molar-refractivity contribution in [3.8, 4) is 0 Å². The maximum absolute atomic E-state index is 12.1. The Labute approximate surface area is 294 Å². The average molecular weight is 671 g/mol. The Morgan fingerprint density at radius 2 is 1.15 bits per heavy atom. The largest absolute Gasteiger partial charge is 0.462 e. The van der Waals surface area contributed by atoms with Gasteiger partial charge in [0.05, 0.1) is 12.7 Å². The first-order valence-electron chi connectivity index (χ1n) is 19.1. The summed E-state index contributed by atoms with van der Waals surface area (Å²) in [6.07, 6.45) is 45.7. The quantitative estimate of drug-likeness (QED) is 0.0312. The fourth-order valence-electron chi connectivity index (χ4n) is 4.96. The molecule has 1 unspecified atom stereocenters. The van der Waals surface area contributed by atoms with Crippen LogP contribution in [0.25, 0.3) is 0 Å². The third-order valence-electron chi connectivity index (χ3n) is 7.86. The second kappa shape index (κ2) is 37.1. The van der Waals surface area contributed by atoms with Crippen molar-refractivity contribution in [3.05, 3.63) is 72.9 Å². The molecule has 6 heteroatoms. The van der Waals surface area contributed by atoms with Gasteiger partial charge in [-0.1, -0.05) is 170 Å². The van der Waals surface area contributed by atoms with Crippen molar-refractivity contribution in [2.24, 2.45) is 0 Å². The van der Waals surface area contributed by atoms with Gasteiger partial charge in [-0.05, 0) is 44.9 Å². The normalized spacial score (nSPS) is 13.7. The van der Waals surface area contributed by atoms with E-state index in [1.165, 1.54) is 70.6 Å². The van der Waals surface area contributed by atoms with Gasteiger partial charge in [-0.15, -0.1) is 0 Å². The molecule has 0 aliphatic carbocycles. The number of aliphatic hydroxyl groups excluding tert-OH is 2. The molecule has 0 aliphatic heterocycles. The van der Waals surface area contributed by atoms with E-state index in [0.29, 0.717) is 19.3 Å². The number of carbonyl (C=O) groups excluding carboxylic acids is 2. The number of rotatable bonds is 33. The molecule has 0 radical (unpaired) electrons. The molecule has 0 fully saturated rings. The topological polar surface area (TPSA) is 93.1 Å². The Kier molecular flexibility index (Phi) is 35.0. The predicted octanol–water partition coefficient (Wildman–Crippen LogP) is 10.8. The maximum atomic E-state index is 12.1. The number of hydrogen-bond acceptors (Lipinski definition) is 6. The van der Waals surface area contributed by atoms with Gasteiger partial charge in [-0.25, -0.2) is 0 Å². The third kappa shape index (κ3) is 34.6. The lowest BCUT2D eigenvalue weighted by molar-refractivity contribution is -0.161. The minimum absolute atomic E-state index is 0.123. The number of allylic oxidation sites excluding steroid dienone is 10. The molecule has 48 heavy (non-hydrogen) atoms. The summed E-state index contributed by atoms with van der Waals surface area (Å²) in [6.45, 7) is 3.88. The first-order chi connectivity index (χ1) is 23.5. The fraction of sp³-hybridized carbons (Fsp3) is 0.667. The van der Waals surface area contributed by atoms with Crippen molar-refractivity contribution in [1.29, 1.82) is 0 Å². The summed E-state index contributed by atoms with van der Waals surface area (Å²) in [5.74, 6) is -0.722. The second-order valence-corrected chi connectivity index (χ2v) is 12.5. The molecule has 0 rings (SSSR count). The molecule has 0 aromatic heterocycles. The Morgan fingerprint density at radius 3 is 1.75 bits per heavy atom. The van der Waals surface area contributed by atoms with Crippen LogP contribution in [0.15, 0.2) is 72.9 Å². The highest BCUT2D eigenvalue weighted by molar-refractivity contribution is 5.70. The van der Waals surface area contributed by atoms with Crippen LogP contribution in [-0.4, -0.2) is 47.6 Å². The van der Waals surface area contributed by atoms with Gasteiger partial charge < -0.3 is 19.7 Å². The molecule has 0 bridgehead atoms. The van der Waals surface area contributed by atoms with Gasteiger partial charge in [0.1, 0.15) is 6.61 Å². The Hall–Kier alpha value is -2.70. The first kappa shape index (κ1) is 45.3. The molecule has 274 valence electrons. The summed E-state index contributed by atoms with van der Waals surface area (Å²) in [6, 6.07) is 0. The first-order valence-corrected chi connectivity index (χ1v) is 19.1. The van der Waals surface area contributed by atoms with Crippen LogP contribution in [0.5, 0.6) is 0 Å². The summed E-state index contributed by atoms with van der Waals surface area (Å²) in [5.41, 5.74) is 0. The molecule has 0 aromatic carbocycles. The van der Waals surface area contributed by atoms with Crippen LogP contribution in [0.4, 0.5) is 0 Å². The number of aliphatic hydroxyl groups is 2. The van der Waals surface area contributed by atoms with E-state index in [0.717, 1.165) is 44.9 Å². The second-order valence-electron chi connectivity index (χ2n) is 12.5. The van der Waals surface area contributed by atoms with Crippen molar-refractivity contribution in [2.75, 3.05) is 13.2 Å². The minimum atomic E-state index is -0.816. The van der Waals surface area contributed by atoms with Crippen LogP contribution in [0, 0.1) is 0 Å². The standard InChI is InChI=1S/C42H70O6/c1-3-5-7-9-11-12-13-14-15-16-21-24-28-32-36-42(46)48-40(37-43)38-47-41(45)35-31-27-23-20-18-17-19-22-26-30-34-39(44)33-29-25-10-8-6-4-2/h6,8,17-18,22-23,25-27,29-30,34,39-40,43-44H,3-5,7,9-16,19-21,24,28,31-33,35-38H2,1-2H3/b8-6-,18-17-,26-22-,27-23-,29-25-,34-30+/t39?,40-/m0/s1. The smallest absolute Gasteiger partial charge is 0.306 e. The van der Waals surface area contributed by atoms with Gasteiger partial charge in [-0.2, -0.15) is 0 Å².